The van der Waals surface area contributed by atoms with Crippen molar-refractivity contribution in [3.05, 3.63) is 35.9 Å². The molecule has 0 aromatic heterocycles. The minimum Gasteiger partial charge on any atom is -0.395 e. The van der Waals surface area contributed by atoms with E-state index in [2.05, 4.69) is 0 Å². The van der Waals surface area contributed by atoms with Crippen LogP contribution in [-0.4, -0.2) is 40.2 Å². The molecule has 0 saturated heterocycles. The Morgan fingerprint density at radius 2 is 1.40 bits per heavy atom. The third-order valence-corrected chi connectivity index (χ3v) is 2.64. The second-order valence-electron chi connectivity index (χ2n) is 3.65. The highest BCUT2D eigenvalue weighted by atomic mass is 16.3. The topological polar surface area (TPSA) is 80.9 Å². The fraction of sp³-hybridized carbons (Fsp3) is 0.455. The van der Waals surface area contributed by atoms with Gasteiger partial charge in [-0.25, -0.2) is 0 Å². The van der Waals surface area contributed by atoms with Crippen LogP contribution in [0.25, 0.3) is 0 Å². The van der Waals surface area contributed by atoms with Gasteiger partial charge in [-0.3, -0.25) is 0 Å². The minimum atomic E-state index is -1.29. The summed E-state index contributed by atoms with van der Waals surface area (Å²) in [6.45, 7) is -1.43. The molecule has 0 heterocycles. The summed E-state index contributed by atoms with van der Waals surface area (Å²) in [6, 6.07) is 8.65. The summed E-state index contributed by atoms with van der Waals surface area (Å²) in [6.07, 6.45) is -1.08. The van der Waals surface area contributed by atoms with Crippen LogP contribution in [0.3, 0.4) is 0 Å². The van der Waals surface area contributed by atoms with Crippen LogP contribution in [0.5, 0.6) is 0 Å². The molecule has 84 valence electrons. The zero-order chi connectivity index (χ0) is 11.3. The van der Waals surface area contributed by atoms with Crippen molar-refractivity contribution in [2.75, 3.05) is 19.8 Å². The van der Waals surface area contributed by atoms with E-state index in [1.54, 1.807) is 30.3 Å². The zero-order valence-electron chi connectivity index (χ0n) is 8.37. The summed E-state index contributed by atoms with van der Waals surface area (Å²) in [7, 11) is 0. The Hall–Kier alpha value is -0.940. The van der Waals surface area contributed by atoms with E-state index in [0.717, 1.165) is 0 Å². The predicted molar refractivity (Wildman–Crippen MR) is 55.1 cm³/mol. The summed E-state index contributed by atoms with van der Waals surface area (Å²) in [5.41, 5.74) is -0.726. The van der Waals surface area contributed by atoms with Gasteiger partial charge >= 0.3 is 0 Å². The lowest BCUT2D eigenvalue weighted by atomic mass is 9.81. The van der Waals surface area contributed by atoms with E-state index >= 15 is 0 Å². The molecule has 1 unspecified atom stereocenters. The third kappa shape index (κ3) is 2.35. The van der Waals surface area contributed by atoms with Crippen molar-refractivity contribution in [2.24, 2.45) is 5.41 Å². The van der Waals surface area contributed by atoms with Gasteiger partial charge in [-0.1, -0.05) is 30.3 Å². The van der Waals surface area contributed by atoms with E-state index in [1.807, 2.05) is 0 Å². The van der Waals surface area contributed by atoms with Crippen molar-refractivity contribution in [3.8, 4) is 0 Å². The van der Waals surface area contributed by atoms with E-state index in [4.69, 9.17) is 15.3 Å². The fourth-order valence-electron chi connectivity index (χ4n) is 1.40. The van der Waals surface area contributed by atoms with Crippen molar-refractivity contribution in [2.45, 2.75) is 6.10 Å². The molecule has 0 saturated carbocycles. The third-order valence-electron chi connectivity index (χ3n) is 2.64. The Kier molecular flexibility index (Phi) is 4.23. The molecule has 4 nitrogen and oxygen atoms in total. The monoisotopic (exact) mass is 212 g/mol. The van der Waals surface area contributed by atoms with Gasteiger partial charge in [0.05, 0.1) is 31.3 Å². The van der Waals surface area contributed by atoms with Crippen LogP contribution >= 0.6 is 0 Å². The predicted octanol–water partition coefficient (Wildman–Crippen LogP) is -0.317. The van der Waals surface area contributed by atoms with Gasteiger partial charge in [0.2, 0.25) is 0 Å². The molecule has 4 heteroatoms. The first kappa shape index (κ1) is 12.1. The minimum absolute atomic E-state index is 0.476. The van der Waals surface area contributed by atoms with Crippen LogP contribution in [0, 0.1) is 5.41 Å². The number of aliphatic hydroxyl groups excluding tert-OH is 4. The maximum absolute atomic E-state index is 9.95. The van der Waals surface area contributed by atoms with Crippen molar-refractivity contribution in [1.82, 2.24) is 0 Å². The van der Waals surface area contributed by atoms with Crippen LogP contribution in [-0.2, 0) is 0 Å². The molecule has 0 aliphatic rings. The van der Waals surface area contributed by atoms with E-state index in [0.29, 0.717) is 5.56 Å². The molecule has 1 atom stereocenters. The normalized spacial score (nSPS) is 13.9. The second kappa shape index (κ2) is 5.23. The molecule has 15 heavy (non-hydrogen) atoms. The number of rotatable bonds is 5. The van der Waals surface area contributed by atoms with Gasteiger partial charge in [0, 0.05) is 0 Å². The van der Waals surface area contributed by atoms with Crippen LogP contribution in [0.4, 0.5) is 0 Å². The first-order valence-corrected chi connectivity index (χ1v) is 4.76. The average Bonchev–Trinajstić information content (AvgIpc) is 2.33. The molecule has 0 amide bonds. The molecule has 0 bridgehead atoms. The van der Waals surface area contributed by atoms with Gasteiger partial charge in [-0.05, 0) is 5.56 Å². The number of aliphatic hydroxyl groups is 4. The summed E-state index contributed by atoms with van der Waals surface area (Å²) >= 11 is 0. The first-order chi connectivity index (χ1) is 7.20. The molecule has 1 aromatic carbocycles. The number of hydrogen-bond donors (Lipinski definition) is 4. The highest BCUT2D eigenvalue weighted by Gasteiger charge is 2.37. The van der Waals surface area contributed by atoms with Crippen LogP contribution in [0.2, 0.25) is 0 Å². The summed E-state index contributed by atoms with van der Waals surface area (Å²) in [4.78, 5) is 0. The van der Waals surface area contributed by atoms with Gasteiger partial charge in [-0.2, -0.15) is 0 Å². The van der Waals surface area contributed by atoms with Crippen molar-refractivity contribution in [1.29, 1.82) is 0 Å². The molecule has 1 rings (SSSR count). The molecule has 4 N–H and O–H groups in total. The van der Waals surface area contributed by atoms with Gasteiger partial charge in [0.15, 0.2) is 0 Å². The summed E-state index contributed by atoms with van der Waals surface area (Å²) < 4.78 is 0. The van der Waals surface area contributed by atoms with Gasteiger partial charge < -0.3 is 20.4 Å². The lowest BCUT2D eigenvalue weighted by Crippen LogP contribution is -2.40. The van der Waals surface area contributed by atoms with E-state index in [1.165, 1.54) is 0 Å². The summed E-state index contributed by atoms with van der Waals surface area (Å²) in [5.74, 6) is 0. The average molecular weight is 212 g/mol. The first-order valence-electron chi connectivity index (χ1n) is 4.76. The van der Waals surface area contributed by atoms with Gasteiger partial charge in [0.25, 0.3) is 0 Å². The lowest BCUT2D eigenvalue weighted by molar-refractivity contribution is -0.0852. The highest BCUT2D eigenvalue weighted by Crippen LogP contribution is 2.32. The summed E-state index contributed by atoms with van der Waals surface area (Å²) in [5, 5.41) is 37.3. The Balaban J connectivity index is 2.95. The maximum atomic E-state index is 9.95. The standard InChI is InChI=1S/C11H16O4/c12-6-11(7-13,8-14)10(15)9-4-2-1-3-5-9/h1-5,10,12-15H,6-8H2. The number of benzene rings is 1. The maximum Gasteiger partial charge on any atom is 0.0912 e. The zero-order valence-corrected chi connectivity index (χ0v) is 8.37. The molecule has 0 fully saturated rings. The van der Waals surface area contributed by atoms with E-state index in [9.17, 15) is 5.11 Å². The molecular formula is C11H16O4. The number of hydrogen-bond acceptors (Lipinski definition) is 4. The Labute approximate surface area is 88.4 Å². The molecule has 0 spiro atoms. The smallest absolute Gasteiger partial charge is 0.0912 e. The molecular weight excluding hydrogens is 196 g/mol. The lowest BCUT2D eigenvalue weighted by Gasteiger charge is -2.32. The van der Waals surface area contributed by atoms with Gasteiger partial charge in [0.1, 0.15) is 0 Å². The molecule has 0 aliphatic heterocycles. The Bertz CT molecular complexity index is 274. The van der Waals surface area contributed by atoms with Gasteiger partial charge in [-0.15, -0.1) is 0 Å². The quantitative estimate of drug-likeness (QED) is 0.539. The van der Waals surface area contributed by atoms with Crippen molar-refractivity contribution < 1.29 is 20.4 Å². The Morgan fingerprint density at radius 3 is 1.80 bits per heavy atom. The molecule has 1 aromatic rings. The van der Waals surface area contributed by atoms with Crippen LogP contribution in [0.15, 0.2) is 30.3 Å². The van der Waals surface area contributed by atoms with Crippen LogP contribution in [0.1, 0.15) is 11.7 Å². The molecule has 0 aliphatic carbocycles. The SMILES string of the molecule is OCC(CO)(CO)C(O)c1ccccc1. The van der Waals surface area contributed by atoms with Crippen LogP contribution < -0.4 is 0 Å². The second-order valence-corrected chi connectivity index (χ2v) is 3.65. The Morgan fingerprint density at radius 1 is 0.933 bits per heavy atom. The van der Waals surface area contributed by atoms with Crippen molar-refractivity contribution >= 4 is 0 Å². The van der Waals surface area contributed by atoms with E-state index in [-0.39, 0.29) is 0 Å². The molecule has 0 radical (unpaired) electrons. The largest absolute Gasteiger partial charge is 0.395 e. The fourth-order valence-corrected chi connectivity index (χ4v) is 1.40. The van der Waals surface area contributed by atoms with Crippen molar-refractivity contribution in [3.63, 3.8) is 0 Å². The van der Waals surface area contributed by atoms with E-state index < -0.39 is 31.3 Å². The highest BCUT2D eigenvalue weighted by molar-refractivity contribution is 5.19.